The molecular weight excluding hydrogens is 414 g/mol. The number of hydrogen-bond donors (Lipinski definition) is 1. The number of nitrogens with zero attached hydrogens (tertiary/aromatic N) is 4. The van der Waals surface area contributed by atoms with Crippen LogP contribution < -0.4 is 5.32 Å². The van der Waals surface area contributed by atoms with Gasteiger partial charge in [0.15, 0.2) is 5.11 Å². The molecule has 2 atom stereocenters. The zero-order chi connectivity index (χ0) is 22.8. The summed E-state index contributed by atoms with van der Waals surface area (Å²) >= 11 is 5.83. The highest BCUT2D eigenvalue weighted by Crippen LogP contribution is 2.41. The lowest BCUT2D eigenvalue weighted by Crippen LogP contribution is -2.32. The molecule has 1 N–H and O–H groups in total. The summed E-state index contributed by atoms with van der Waals surface area (Å²) in [6, 6.07) is 17.3. The molecule has 1 saturated heterocycles. The van der Waals surface area contributed by atoms with Crippen LogP contribution in [0.5, 0.6) is 0 Å². The van der Waals surface area contributed by atoms with Crippen LogP contribution >= 0.6 is 12.2 Å². The van der Waals surface area contributed by atoms with Gasteiger partial charge in [-0.1, -0.05) is 23.8 Å². The predicted molar refractivity (Wildman–Crippen MR) is 135 cm³/mol. The highest BCUT2D eigenvalue weighted by Gasteiger charge is 2.41. The summed E-state index contributed by atoms with van der Waals surface area (Å²) < 4.78 is 2.35. The Morgan fingerprint density at radius 2 is 1.81 bits per heavy atom. The lowest BCUT2D eigenvalue weighted by atomic mass is 9.96. The van der Waals surface area contributed by atoms with Crippen molar-refractivity contribution in [3.63, 3.8) is 0 Å². The van der Waals surface area contributed by atoms with Gasteiger partial charge in [0, 0.05) is 29.8 Å². The smallest absolute Gasteiger partial charge is 0.170 e. The molecule has 6 heteroatoms. The Morgan fingerprint density at radius 1 is 1.06 bits per heavy atom. The number of rotatable bonds is 7. The third kappa shape index (κ3) is 4.43. The van der Waals surface area contributed by atoms with Crippen LogP contribution in [0, 0.1) is 20.8 Å². The number of benzene rings is 1. The van der Waals surface area contributed by atoms with Gasteiger partial charge in [-0.3, -0.25) is 4.98 Å². The maximum atomic E-state index is 5.83. The van der Waals surface area contributed by atoms with Crippen molar-refractivity contribution in [1.29, 1.82) is 0 Å². The third-order valence-electron chi connectivity index (χ3n) is 6.28. The van der Waals surface area contributed by atoms with Gasteiger partial charge in [0.2, 0.25) is 0 Å². The molecule has 0 bridgehead atoms. The first-order valence-electron chi connectivity index (χ1n) is 11.3. The Morgan fingerprint density at radius 3 is 2.47 bits per heavy atom. The first-order valence-corrected chi connectivity index (χ1v) is 11.7. The minimum absolute atomic E-state index is 0.0232. The summed E-state index contributed by atoms with van der Waals surface area (Å²) in [6.45, 7) is 8.47. The van der Waals surface area contributed by atoms with E-state index in [9.17, 15) is 0 Å². The Hall–Kier alpha value is -2.70. The predicted octanol–water partition coefficient (Wildman–Crippen LogP) is 4.72. The molecule has 2 aromatic heterocycles. The second-order valence-electron chi connectivity index (χ2n) is 8.97. The highest BCUT2D eigenvalue weighted by molar-refractivity contribution is 7.80. The molecular formula is C26H33N5S. The first-order chi connectivity index (χ1) is 15.4. The van der Waals surface area contributed by atoms with E-state index in [-0.39, 0.29) is 12.1 Å². The van der Waals surface area contributed by atoms with Crippen LogP contribution in [0.1, 0.15) is 46.7 Å². The molecule has 3 heterocycles. The van der Waals surface area contributed by atoms with E-state index in [0.29, 0.717) is 0 Å². The number of hydrogen-bond acceptors (Lipinski definition) is 3. The maximum Gasteiger partial charge on any atom is 0.170 e. The average molecular weight is 448 g/mol. The van der Waals surface area contributed by atoms with Gasteiger partial charge in [-0.25, -0.2) is 0 Å². The Labute approximate surface area is 197 Å². The zero-order valence-corrected chi connectivity index (χ0v) is 20.5. The molecule has 1 aliphatic rings. The van der Waals surface area contributed by atoms with Gasteiger partial charge in [-0.05, 0) is 95.9 Å². The van der Waals surface area contributed by atoms with Crippen molar-refractivity contribution in [2.45, 2.75) is 39.3 Å². The standard InChI is InChI=1S/C26H33N5S/c1-18-10-12-21(13-11-18)31-19(2)17-22(20(31)3)25-24(23-9-6-7-14-27-23)28-26(32)30(25)16-8-15-29(4)5/h6-7,9-14,17,24-25H,8,15-16H2,1-5H3,(H,28,32)/t24-,25+/m1/s1. The third-order valence-corrected chi connectivity index (χ3v) is 6.64. The van der Waals surface area contributed by atoms with Crippen LogP contribution in [0.25, 0.3) is 5.69 Å². The van der Waals surface area contributed by atoms with Crippen LogP contribution in [-0.4, -0.2) is 51.6 Å². The van der Waals surface area contributed by atoms with Gasteiger partial charge in [-0.2, -0.15) is 0 Å². The van der Waals surface area contributed by atoms with E-state index < -0.39 is 0 Å². The lowest BCUT2D eigenvalue weighted by Gasteiger charge is -2.28. The van der Waals surface area contributed by atoms with Gasteiger partial charge in [0.05, 0.1) is 17.8 Å². The van der Waals surface area contributed by atoms with Crippen LogP contribution in [0.4, 0.5) is 0 Å². The Balaban J connectivity index is 1.76. The molecule has 5 nitrogen and oxygen atoms in total. The van der Waals surface area contributed by atoms with E-state index in [1.165, 1.54) is 28.2 Å². The maximum absolute atomic E-state index is 5.83. The molecule has 4 rings (SSSR count). The lowest BCUT2D eigenvalue weighted by molar-refractivity contribution is 0.292. The molecule has 168 valence electrons. The van der Waals surface area contributed by atoms with Crippen molar-refractivity contribution in [2.24, 2.45) is 0 Å². The summed E-state index contributed by atoms with van der Waals surface area (Å²) in [7, 11) is 4.23. The fourth-order valence-electron chi connectivity index (χ4n) is 4.72. The van der Waals surface area contributed by atoms with Gasteiger partial charge in [-0.15, -0.1) is 0 Å². The van der Waals surface area contributed by atoms with Gasteiger partial charge >= 0.3 is 0 Å². The molecule has 0 amide bonds. The zero-order valence-electron chi connectivity index (χ0n) is 19.7. The molecule has 0 unspecified atom stereocenters. The minimum atomic E-state index is 0.0232. The number of aromatic nitrogens is 2. The summed E-state index contributed by atoms with van der Waals surface area (Å²) in [5.74, 6) is 0. The monoisotopic (exact) mass is 447 g/mol. The van der Waals surface area contributed by atoms with Crippen molar-refractivity contribution in [1.82, 2.24) is 24.7 Å². The molecule has 0 spiro atoms. The molecule has 0 aliphatic carbocycles. The number of nitrogens with one attached hydrogen (secondary N) is 1. The van der Waals surface area contributed by atoms with Crippen LogP contribution in [0.15, 0.2) is 54.7 Å². The Bertz CT molecular complexity index is 1070. The van der Waals surface area contributed by atoms with E-state index in [0.717, 1.165) is 30.3 Å². The van der Waals surface area contributed by atoms with Crippen molar-refractivity contribution in [2.75, 3.05) is 27.2 Å². The summed E-state index contributed by atoms with van der Waals surface area (Å²) in [6.07, 6.45) is 2.92. The van der Waals surface area contributed by atoms with Crippen LogP contribution in [-0.2, 0) is 0 Å². The summed E-state index contributed by atoms with van der Waals surface area (Å²) in [5.41, 5.74) is 7.27. The first kappa shape index (κ1) is 22.5. The molecule has 1 fully saturated rings. The molecule has 0 saturated carbocycles. The van der Waals surface area contributed by atoms with Gasteiger partial charge in [0.25, 0.3) is 0 Å². The van der Waals surface area contributed by atoms with Crippen molar-refractivity contribution < 1.29 is 0 Å². The van der Waals surface area contributed by atoms with E-state index in [1.54, 1.807) is 0 Å². The fourth-order valence-corrected chi connectivity index (χ4v) is 5.05. The SMILES string of the molecule is Cc1ccc(-n2c(C)cc([C@H]3[C@@H](c4ccccn4)NC(=S)N3CCCN(C)C)c2C)cc1. The molecule has 3 aromatic rings. The van der Waals surface area contributed by atoms with Crippen molar-refractivity contribution in [3.05, 3.63) is 82.9 Å². The summed E-state index contributed by atoms with van der Waals surface area (Å²) in [5, 5.41) is 4.39. The minimum Gasteiger partial charge on any atom is -0.352 e. The van der Waals surface area contributed by atoms with Crippen molar-refractivity contribution >= 4 is 17.3 Å². The van der Waals surface area contributed by atoms with Crippen LogP contribution in [0.3, 0.4) is 0 Å². The quantitative estimate of drug-likeness (QED) is 0.530. The van der Waals surface area contributed by atoms with E-state index in [1.807, 2.05) is 12.3 Å². The number of aryl methyl sites for hydroxylation is 2. The van der Waals surface area contributed by atoms with E-state index >= 15 is 0 Å². The highest BCUT2D eigenvalue weighted by atomic mass is 32.1. The van der Waals surface area contributed by atoms with Crippen molar-refractivity contribution in [3.8, 4) is 5.69 Å². The largest absolute Gasteiger partial charge is 0.352 e. The fraction of sp³-hybridized carbons (Fsp3) is 0.385. The summed E-state index contributed by atoms with van der Waals surface area (Å²) in [4.78, 5) is 9.26. The normalized spacial score (nSPS) is 18.4. The van der Waals surface area contributed by atoms with E-state index in [2.05, 4.69) is 102 Å². The second-order valence-corrected chi connectivity index (χ2v) is 9.36. The average Bonchev–Trinajstić information content (AvgIpc) is 3.25. The topological polar surface area (TPSA) is 36.3 Å². The van der Waals surface area contributed by atoms with E-state index in [4.69, 9.17) is 12.2 Å². The molecule has 1 aliphatic heterocycles. The second kappa shape index (κ2) is 9.43. The van der Waals surface area contributed by atoms with Gasteiger partial charge in [0.1, 0.15) is 0 Å². The Kier molecular flexibility index (Phi) is 6.63. The molecule has 1 aromatic carbocycles. The number of pyridine rings is 1. The van der Waals surface area contributed by atoms with Gasteiger partial charge < -0.3 is 19.7 Å². The van der Waals surface area contributed by atoms with Crippen LogP contribution in [0.2, 0.25) is 0 Å². The molecule has 32 heavy (non-hydrogen) atoms. The number of thiocarbonyl (C=S) groups is 1. The molecule has 0 radical (unpaired) electrons.